The van der Waals surface area contributed by atoms with Crippen LogP contribution in [0.15, 0.2) is 0 Å². The van der Waals surface area contributed by atoms with Gasteiger partial charge in [0.2, 0.25) is 5.91 Å². The smallest absolute Gasteiger partial charge is 0.324 e. The molecule has 1 aliphatic heterocycles. The molecule has 0 aromatic heterocycles. The molecule has 120 valence electrons. The highest BCUT2D eigenvalue weighted by Gasteiger charge is 2.34. The second-order valence-corrected chi connectivity index (χ2v) is 6.93. The van der Waals surface area contributed by atoms with Gasteiger partial charge in [-0.3, -0.25) is 14.9 Å². The van der Waals surface area contributed by atoms with E-state index >= 15 is 0 Å². The minimum absolute atomic E-state index is 0.0708. The standard InChI is InChI=1S/C15H26N2O4/c1-9-6-10(2)11(3)17(8-9)14(21)16-12(18)7-15(4,5)13(19)20/h9-11H,6-8H2,1-5H3,(H,19,20)(H,16,18,21). The molecule has 0 spiro atoms. The summed E-state index contributed by atoms with van der Waals surface area (Å²) in [5.41, 5.74) is -1.18. The Morgan fingerprint density at radius 3 is 2.33 bits per heavy atom. The zero-order chi connectivity index (χ0) is 16.4. The predicted molar refractivity (Wildman–Crippen MR) is 78.7 cm³/mol. The zero-order valence-corrected chi connectivity index (χ0v) is 13.5. The van der Waals surface area contributed by atoms with E-state index in [9.17, 15) is 14.4 Å². The zero-order valence-electron chi connectivity index (χ0n) is 13.5. The van der Waals surface area contributed by atoms with Crippen molar-refractivity contribution in [1.82, 2.24) is 10.2 Å². The first-order valence-corrected chi connectivity index (χ1v) is 7.38. The van der Waals surface area contributed by atoms with Crippen LogP contribution in [-0.2, 0) is 9.59 Å². The van der Waals surface area contributed by atoms with Gasteiger partial charge in [0.15, 0.2) is 0 Å². The van der Waals surface area contributed by atoms with E-state index in [0.717, 1.165) is 6.42 Å². The van der Waals surface area contributed by atoms with E-state index in [2.05, 4.69) is 19.2 Å². The normalized spacial score (nSPS) is 26.3. The average Bonchev–Trinajstić information content (AvgIpc) is 2.32. The van der Waals surface area contributed by atoms with Gasteiger partial charge in [-0.15, -0.1) is 0 Å². The van der Waals surface area contributed by atoms with E-state index in [1.807, 2.05) is 6.92 Å². The molecule has 1 rings (SSSR count). The lowest BCUT2D eigenvalue weighted by Crippen LogP contribution is -2.54. The molecule has 1 heterocycles. The fourth-order valence-electron chi connectivity index (χ4n) is 2.70. The molecular weight excluding hydrogens is 272 g/mol. The number of hydrogen-bond acceptors (Lipinski definition) is 3. The van der Waals surface area contributed by atoms with Crippen LogP contribution < -0.4 is 5.32 Å². The predicted octanol–water partition coefficient (Wildman–Crippen LogP) is 2.09. The number of imide groups is 1. The van der Waals surface area contributed by atoms with Gasteiger partial charge in [0.25, 0.3) is 0 Å². The lowest BCUT2D eigenvalue weighted by atomic mass is 9.86. The van der Waals surface area contributed by atoms with Crippen molar-refractivity contribution < 1.29 is 19.5 Å². The van der Waals surface area contributed by atoms with Crippen molar-refractivity contribution in [3.05, 3.63) is 0 Å². The van der Waals surface area contributed by atoms with Crippen molar-refractivity contribution in [1.29, 1.82) is 0 Å². The molecule has 3 unspecified atom stereocenters. The number of nitrogens with zero attached hydrogens (tertiary/aromatic N) is 1. The Balaban J connectivity index is 2.64. The van der Waals surface area contributed by atoms with Crippen molar-refractivity contribution in [2.45, 2.75) is 53.5 Å². The van der Waals surface area contributed by atoms with Crippen molar-refractivity contribution in [3.8, 4) is 0 Å². The van der Waals surface area contributed by atoms with Crippen LogP contribution in [0.4, 0.5) is 4.79 Å². The van der Waals surface area contributed by atoms with Gasteiger partial charge in [-0.25, -0.2) is 4.79 Å². The first-order chi connectivity index (χ1) is 9.54. The Morgan fingerprint density at radius 2 is 1.81 bits per heavy atom. The molecule has 0 aromatic carbocycles. The van der Waals surface area contributed by atoms with Gasteiger partial charge in [0, 0.05) is 19.0 Å². The molecule has 3 atom stereocenters. The number of carboxylic acids is 1. The van der Waals surface area contributed by atoms with Crippen LogP contribution in [0.3, 0.4) is 0 Å². The fourth-order valence-corrected chi connectivity index (χ4v) is 2.70. The first-order valence-electron chi connectivity index (χ1n) is 7.38. The molecule has 21 heavy (non-hydrogen) atoms. The fraction of sp³-hybridized carbons (Fsp3) is 0.800. The molecule has 1 saturated heterocycles. The van der Waals surface area contributed by atoms with Crippen molar-refractivity contribution in [3.63, 3.8) is 0 Å². The number of likely N-dealkylation sites (tertiary alicyclic amines) is 1. The molecule has 0 saturated carbocycles. The highest BCUT2D eigenvalue weighted by Crippen LogP contribution is 2.27. The lowest BCUT2D eigenvalue weighted by Gasteiger charge is -2.40. The summed E-state index contributed by atoms with van der Waals surface area (Å²) in [7, 11) is 0. The number of piperidine rings is 1. The first kappa shape index (κ1) is 17.5. The van der Waals surface area contributed by atoms with Gasteiger partial charge in [-0.2, -0.15) is 0 Å². The number of rotatable bonds is 3. The molecule has 2 N–H and O–H groups in total. The Morgan fingerprint density at radius 1 is 1.24 bits per heavy atom. The van der Waals surface area contributed by atoms with E-state index in [-0.39, 0.29) is 12.5 Å². The third kappa shape index (κ3) is 4.44. The average molecular weight is 298 g/mol. The molecule has 1 aliphatic rings. The van der Waals surface area contributed by atoms with E-state index in [4.69, 9.17) is 5.11 Å². The minimum atomic E-state index is -1.18. The van der Waals surface area contributed by atoms with Gasteiger partial charge in [-0.05, 0) is 39.0 Å². The molecular formula is C15H26N2O4. The summed E-state index contributed by atoms with van der Waals surface area (Å²) < 4.78 is 0. The molecule has 0 aromatic rings. The molecule has 3 amide bonds. The van der Waals surface area contributed by atoms with Gasteiger partial charge in [0.05, 0.1) is 5.41 Å². The van der Waals surface area contributed by atoms with E-state index in [1.54, 1.807) is 4.90 Å². The molecule has 1 fully saturated rings. The summed E-state index contributed by atoms with van der Waals surface area (Å²) in [4.78, 5) is 36.8. The Bertz CT molecular complexity index is 433. The highest BCUT2D eigenvalue weighted by atomic mass is 16.4. The monoisotopic (exact) mass is 298 g/mol. The third-order valence-corrected chi connectivity index (χ3v) is 4.29. The van der Waals surface area contributed by atoms with Crippen LogP contribution in [-0.4, -0.2) is 40.5 Å². The summed E-state index contributed by atoms with van der Waals surface area (Å²) in [6.07, 6.45) is 0.840. The minimum Gasteiger partial charge on any atom is -0.481 e. The summed E-state index contributed by atoms with van der Waals surface area (Å²) in [5, 5.41) is 11.3. The summed E-state index contributed by atoms with van der Waals surface area (Å²) >= 11 is 0. The number of nitrogens with one attached hydrogen (secondary N) is 1. The summed E-state index contributed by atoms with van der Waals surface area (Å²) in [6.45, 7) is 9.70. The maximum atomic E-state index is 12.2. The second-order valence-electron chi connectivity index (χ2n) is 6.93. The third-order valence-electron chi connectivity index (χ3n) is 4.29. The van der Waals surface area contributed by atoms with Crippen LogP contribution in [0.2, 0.25) is 0 Å². The van der Waals surface area contributed by atoms with Crippen LogP contribution in [0, 0.1) is 17.3 Å². The maximum absolute atomic E-state index is 12.2. The van der Waals surface area contributed by atoms with Crippen LogP contribution in [0.25, 0.3) is 0 Å². The second kappa shape index (κ2) is 6.45. The highest BCUT2D eigenvalue weighted by molar-refractivity contribution is 5.96. The number of carbonyl (C=O) groups excluding carboxylic acids is 2. The number of hydrogen-bond donors (Lipinski definition) is 2. The summed E-state index contributed by atoms with van der Waals surface area (Å²) in [5.74, 6) is -0.832. The largest absolute Gasteiger partial charge is 0.481 e. The number of carboxylic acid groups (broad SMARTS) is 1. The molecule has 0 radical (unpaired) electrons. The number of urea groups is 1. The van der Waals surface area contributed by atoms with Crippen LogP contribution >= 0.6 is 0 Å². The van der Waals surface area contributed by atoms with Gasteiger partial charge < -0.3 is 10.0 Å². The quantitative estimate of drug-likeness (QED) is 0.835. The van der Waals surface area contributed by atoms with Gasteiger partial charge in [-0.1, -0.05) is 13.8 Å². The number of aliphatic carboxylic acids is 1. The number of carbonyl (C=O) groups is 3. The van der Waals surface area contributed by atoms with Gasteiger partial charge >= 0.3 is 12.0 Å². The summed E-state index contributed by atoms with van der Waals surface area (Å²) in [6, 6.07) is -0.353. The van der Waals surface area contributed by atoms with E-state index in [0.29, 0.717) is 18.4 Å². The number of amides is 3. The van der Waals surface area contributed by atoms with E-state index in [1.165, 1.54) is 13.8 Å². The molecule has 6 heteroatoms. The molecule has 0 aliphatic carbocycles. The van der Waals surface area contributed by atoms with Crippen LogP contribution in [0.1, 0.15) is 47.5 Å². The van der Waals surface area contributed by atoms with Crippen molar-refractivity contribution >= 4 is 17.9 Å². The molecule has 0 bridgehead atoms. The Hall–Kier alpha value is -1.59. The van der Waals surface area contributed by atoms with Crippen molar-refractivity contribution in [2.24, 2.45) is 17.3 Å². The van der Waals surface area contributed by atoms with E-state index < -0.39 is 23.3 Å². The lowest BCUT2D eigenvalue weighted by molar-refractivity contribution is -0.149. The topological polar surface area (TPSA) is 86.7 Å². The van der Waals surface area contributed by atoms with Crippen molar-refractivity contribution in [2.75, 3.05) is 6.54 Å². The molecule has 6 nitrogen and oxygen atoms in total. The Labute approximate surface area is 125 Å². The Kier molecular flexibility index (Phi) is 5.36. The van der Waals surface area contributed by atoms with Gasteiger partial charge in [0.1, 0.15) is 0 Å². The van der Waals surface area contributed by atoms with Crippen LogP contribution in [0.5, 0.6) is 0 Å². The SMILES string of the molecule is CC1CC(C)C(C)N(C(=O)NC(=O)CC(C)(C)C(=O)O)C1. The maximum Gasteiger partial charge on any atom is 0.324 e.